The van der Waals surface area contributed by atoms with Gasteiger partial charge in [-0.2, -0.15) is 0 Å². The average molecular weight is 289 g/mol. The second-order valence-corrected chi connectivity index (χ2v) is 5.19. The lowest BCUT2D eigenvalue weighted by atomic mass is 10.1. The van der Waals surface area contributed by atoms with Crippen molar-refractivity contribution in [3.05, 3.63) is 53.6 Å². The van der Waals surface area contributed by atoms with Gasteiger partial charge >= 0.3 is 0 Å². The number of hydrogen-bond donors (Lipinski definition) is 1. The van der Waals surface area contributed by atoms with E-state index in [1.165, 1.54) is 4.90 Å². The summed E-state index contributed by atoms with van der Waals surface area (Å²) in [4.78, 5) is 1.22. The van der Waals surface area contributed by atoms with Gasteiger partial charge in [-0.1, -0.05) is 6.07 Å². The van der Waals surface area contributed by atoms with Crippen molar-refractivity contribution in [2.45, 2.75) is 18.0 Å². The monoisotopic (exact) mass is 289 g/mol. The molecule has 106 valence electrons. The van der Waals surface area contributed by atoms with Crippen molar-refractivity contribution in [3.8, 4) is 11.5 Å². The predicted octanol–water partition coefficient (Wildman–Crippen LogP) is 3.45. The molecule has 0 heterocycles. The van der Waals surface area contributed by atoms with Gasteiger partial charge in [0.05, 0.1) is 7.11 Å². The summed E-state index contributed by atoms with van der Waals surface area (Å²) >= 11 is 1.71. The molecule has 0 aliphatic carbocycles. The van der Waals surface area contributed by atoms with Crippen molar-refractivity contribution in [1.29, 1.82) is 0 Å². The van der Waals surface area contributed by atoms with Crippen LogP contribution in [-0.4, -0.2) is 13.4 Å². The lowest BCUT2D eigenvalue weighted by Gasteiger charge is -2.12. The summed E-state index contributed by atoms with van der Waals surface area (Å²) < 4.78 is 11.1. The molecule has 0 saturated carbocycles. The number of nitrogens with two attached hydrogens (primary N) is 1. The van der Waals surface area contributed by atoms with Gasteiger partial charge in [0.2, 0.25) is 0 Å². The van der Waals surface area contributed by atoms with Crippen LogP contribution < -0.4 is 15.2 Å². The number of rotatable bonds is 6. The molecule has 0 bridgehead atoms. The summed E-state index contributed by atoms with van der Waals surface area (Å²) in [6.07, 6.45) is 2.05. The van der Waals surface area contributed by atoms with Crippen molar-refractivity contribution in [3.63, 3.8) is 0 Å². The fourth-order valence-corrected chi connectivity index (χ4v) is 2.31. The van der Waals surface area contributed by atoms with Gasteiger partial charge in [-0.3, -0.25) is 0 Å². The first-order valence-electron chi connectivity index (χ1n) is 6.39. The van der Waals surface area contributed by atoms with Gasteiger partial charge in [-0.15, -0.1) is 11.8 Å². The molecule has 2 aromatic rings. The van der Waals surface area contributed by atoms with E-state index in [2.05, 4.69) is 6.26 Å². The molecule has 0 unspecified atom stereocenters. The highest BCUT2D eigenvalue weighted by molar-refractivity contribution is 7.98. The van der Waals surface area contributed by atoms with E-state index in [1.54, 1.807) is 18.9 Å². The molecular formula is C16H19NO2S. The normalized spacial score (nSPS) is 10.3. The summed E-state index contributed by atoms with van der Waals surface area (Å²) in [5.41, 5.74) is 7.74. The maximum atomic E-state index is 5.80. The Hall–Kier alpha value is -1.65. The SMILES string of the molecule is COc1ccc(CN)cc1COc1ccc(SC)cc1. The lowest BCUT2D eigenvalue weighted by molar-refractivity contribution is 0.296. The quantitative estimate of drug-likeness (QED) is 0.827. The van der Waals surface area contributed by atoms with Crippen LogP contribution in [0.25, 0.3) is 0 Å². The van der Waals surface area contributed by atoms with Gasteiger partial charge in [0, 0.05) is 17.0 Å². The molecule has 0 atom stereocenters. The van der Waals surface area contributed by atoms with E-state index in [-0.39, 0.29) is 0 Å². The molecule has 4 heteroatoms. The van der Waals surface area contributed by atoms with Crippen LogP contribution in [0, 0.1) is 0 Å². The lowest BCUT2D eigenvalue weighted by Crippen LogP contribution is -2.02. The molecule has 2 N–H and O–H groups in total. The summed E-state index contributed by atoms with van der Waals surface area (Å²) in [5, 5.41) is 0. The summed E-state index contributed by atoms with van der Waals surface area (Å²) in [6, 6.07) is 14.0. The Morgan fingerprint density at radius 2 is 1.85 bits per heavy atom. The van der Waals surface area contributed by atoms with Crippen LogP contribution in [0.1, 0.15) is 11.1 Å². The van der Waals surface area contributed by atoms with Gasteiger partial charge in [-0.25, -0.2) is 0 Å². The fraction of sp³-hybridized carbons (Fsp3) is 0.250. The number of thioether (sulfide) groups is 1. The van der Waals surface area contributed by atoms with Gasteiger partial charge < -0.3 is 15.2 Å². The zero-order chi connectivity index (χ0) is 14.4. The minimum Gasteiger partial charge on any atom is -0.496 e. The van der Waals surface area contributed by atoms with E-state index in [4.69, 9.17) is 15.2 Å². The van der Waals surface area contributed by atoms with Crippen LogP contribution in [0.15, 0.2) is 47.4 Å². The zero-order valence-corrected chi connectivity index (χ0v) is 12.6. The number of methoxy groups -OCH3 is 1. The van der Waals surface area contributed by atoms with Crippen LogP contribution in [0.4, 0.5) is 0 Å². The molecular weight excluding hydrogens is 270 g/mol. The third-order valence-electron chi connectivity index (χ3n) is 3.03. The first-order chi connectivity index (χ1) is 9.76. The molecule has 0 amide bonds. The van der Waals surface area contributed by atoms with E-state index in [1.807, 2.05) is 42.5 Å². The average Bonchev–Trinajstić information content (AvgIpc) is 2.53. The molecule has 0 aliphatic heterocycles. The maximum Gasteiger partial charge on any atom is 0.125 e. The number of hydrogen-bond acceptors (Lipinski definition) is 4. The van der Waals surface area contributed by atoms with E-state index in [0.717, 1.165) is 22.6 Å². The molecule has 0 aromatic heterocycles. The van der Waals surface area contributed by atoms with Crippen molar-refractivity contribution < 1.29 is 9.47 Å². The third kappa shape index (κ3) is 3.68. The first-order valence-corrected chi connectivity index (χ1v) is 7.62. The highest BCUT2D eigenvalue weighted by Gasteiger charge is 2.05. The molecule has 0 radical (unpaired) electrons. The van der Waals surface area contributed by atoms with Gasteiger partial charge in [-0.05, 0) is 48.2 Å². The van der Waals surface area contributed by atoms with Crippen LogP contribution in [0.5, 0.6) is 11.5 Å². The second-order valence-electron chi connectivity index (χ2n) is 4.31. The van der Waals surface area contributed by atoms with Crippen molar-refractivity contribution >= 4 is 11.8 Å². The van der Waals surface area contributed by atoms with Crippen LogP contribution in [0.3, 0.4) is 0 Å². The van der Waals surface area contributed by atoms with Gasteiger partial charge in [0.1, 0.15) is 18.1 Å². The molecule has 0 aliphatic rings. The van der Waals surface area contributed by atoms with Gasteiger partial charge in [0.25, 0.3) is 0 Å². The third-order valence-corrected chi connectivity index (χ3v) is 3.78. The predicted molar refractivity (Wildman–Crippen MR) is 83.4 cm³/mol. The van der Waals surface area contributed by atoms with Crippen molar-refractivity contribution in [1.82, 2.24) is 0 Å². The standard InChI is InChI=1S/C16H19NO2S/c1-18-16-8-3-12(10-17)9-13(16)11-19-14-4-6-15(20-2)7-5-14/h3-9H,10-11,17H2,1-2H3. The topological polar surface area (TPSA) is 44.5 Å². The minimum absolute atomic E-state index is 0.468. The highest BCUT2D eigenvalue weighted by Crippen LogP contribution is 2.23. The Morgan fingerprint density at radius 3 is 2.45 bits per heavy atom. The first kappa shape index (κ1) is 14.8. The molecule has 20 heavy (non-hydrogen) atoms. The minimum atomic E-state index is 0.468. The van der Waals surface area contributed by atoms with Crippen LogP contribution in [0.2, 0.25) is 0 Å². The fourth-order valence-electron chi connectivity index (χ4n) is 1.90. The number of ether oxygens (including phenoxy) is 2. The molecule has 0 saturated heterocycles. The van der Waals surface area contributed by atoms with E-state index < -0.39 is 0 Å². The molecule has 0 fully saturated rings. The zero-order valence-electron chi connectivity index (χ0n) is 11.8. The van der Waals surface area contributed by atoms with E-state index >= 15 is 0 Å². The molecule has 3 nitrogen and oxygen atoms in total. The van der Waals surface area contributed by atoms with Crippen molar-refractivity contribution in [2.24, 2.45) is 5.73 Å². The smallest absolute Gasteiger partial charge is 0.125 e. The van der Waals surface area contributed by atoms with Gasteiger partial charge in [0.15, 0.2) is 0 Å². The summed E-state index contributed by atoms with van der Waals surface area (Å²) in [6.45, 7) is 0.981. The second kappa shape index (κ2) is 7.22. The summed E-state index contributed by atoms with van der Waals surface area (Å²) in [7, 11) is 1.66. The molecule has 2 rings (SSSR count). The maximum absolute atomic E-state index is 5.80. The Labute approximate surface area is 124 Å². The number of benzene rings is 2. The van der Waals surface area contributed by atoms with Crippen molar-refractivity contribution in [2.75, 3.05) is 13.4 Å². The summed E-state index contributed by atoms with van der Waals surface area (Å²) in [5.74, 6) is 1.67. The Morgan fingerprint density at radius 1 is 1.10 bits per heavy atom. The van der Waals surface area contributed by atoms with Crippen LogP contribution >= 0.6 is 11.8 Å². The Bertz CT molecular complexity index is 555. The van der Waals surface area contributed by atoms with Crippen LogP contribution in [-0.2, 0) is 13.2 Å². The Balaban J connectivity index is 2.08. The van der Waals surface area contributed by atoms with E-state index in [0.29, 0.717) is 13.2 Å². The highest BCUT2D eigenvalue weighted by atomic mass is 32.2. The van der Waals surface area contributed by atoms with E-state index in [9.17, 15) is 0 Å². The molecule has 0 spiro atoms. The largest absolute Gasteiger partial charge is 0.496 e. The Kier molecular flexibility index (Phi) is 5.32. The molecule has 2 aromatic carbocycles.